The maximum absolute atomic E-state index is 12.4. The normalized spacial score (nSPS) is 20.9. The molecule has 1 aliphatic heterocycles. The molecular formula is C21H29N3O2. The third-order valence-electron chi connectivity index (χ3n) is 5.56. The Morgan fingerprint density at radius 2 is 2.04 bits per heavy atom. The molecule has 0 saturated carbocycles. The minimum atomic E-state index is -0.172. The molecule has 2 atom stereocenters. The van der Waals surface area contributed by atoms with E-state index in [1.165, 1.54) is 31.5 Å². The van der Waals surface area contributed by atoms with E-state index in [-0.39, 0.29) is 5.91 Å². The van der Waals surface area contributed by atoms with Gasteiger partial charge < -0.3 is 14.7 Å². The number of benzene rings is 1. The van der Waals surface area contributed by atoms with Gasteiger partial charge in [0.15, 0.2) is 0 Å². The molecule has 1 aliphatic rings. The summed E-state index contributed by atoms with van der Waals surface area (Å²) in [5.74, 6) is 1.95. The van der Waals surface area contributed by atoms with Gasteiger partial charge in [-0.1, -0.05) is 24.2 Å². The van der Waals surface area contributed by atoms with E-state index in [2.05, 4.69) is 41.5 Å². The second-order valence-electron chi connectivity index (χ2n) is 7.68. The SMILES string of the molecule is Cc1noc(C)c1C(=O)Nc1ccc(CC[C@@H]2CCN(C)C[C@H]2C)cc1. The number of nitrogens with zero attached hydrogens (tertiary/aromatic N) is 2. The fraction of sp³-hybridized carbons (Fsp3) is 0.524. The van der Waals surface area contributed by atoms with E-state index in [0.717, 1.165) is 23.9 Å². The van der Waals surface area contributed by atoms with Crippen molar-refractivity contribution in [2.45, 2.75) is 40.0 Å². The van der Waals surface area contributed by atoms with Gasteiger partial charge in [-0.15, -0.1) is 0 Å². The van der Waals surface area contributed by atoms with Crippen LogP contribution in [0.25, 0.3) is 0 Å². The molecule has 1 fully saturated rings. The number of piperidine rings is 1. The molecule has 140 valence electrons. The van der Waals surface area contributed by atoms with Crippen LogP contribution in [0.5, 0.6) is 0 Å². The Kier molecular flexibility index (Phi) is 5.77. The summed E-state index contributed by atoms with van der Waals surface area (Å²) in [5, 5.41) is 6.76. The monoisotopic (exact) mass is 355 g/mol. The third kappa shape index (κ3) is 4.33. The first-order valence-electron chi connectivity index (χ1n) is 9.45. The fourth-order valence-electron chi connectivity index (χ4n) is 3.94. The van der Waals surface area contributed by atoms with Gasteiger partial charge in [0.25, 0.3) is 5.91 Å². The van der Waals surface area contributed by atoms with Crippen LogP contribution < -0.4 is 5.32 Å². The van der Waals surface area contributed by atoms with Crippen molar-refractivity contribution in [3.8, 4) is 0 Å². The van der Waals surface area contributed by atoms with E-state index in [4.69, 9.17) is 4.52 Å². The summed E-state index contributed by atoms with van der Waals surface area (Å²) in [6, 6.07) is 8.18. The molecule has 1 amide bonds. The van der Waals surface area contributed by atoms with Crippen LogP contribution >= 0.6 is 0 Å². The number of amides is 1. The number of rotatable bonds is 5. The number of nitrogens with one attached hydrogen (secondary N) is 1. The van der Waals surface area contributed by atoms with Crippen LogP contribution in [0.3, 0.4) is 0 Å². The Bertz CT molecular complexity index is 732. The molecule has 2 aromatic rings. The van der Waals surface area contributed by atoms with Crippen molar-refractivity contribution in [3.63, 3.8) is 0 Å². The highest BCUT2D eigenvalue weighted by Gasteiger charge is 2.23. The lowest BCUT2D eigenvalue weighted by Crippen LogP contribution is -2.36. The minimum Gasteiger partial charge on any atom is -0.361 e. The van der Waals surface area contributed by atoms with Crippen LogP contribution in [0.15, 0.2) is 28.8 Å². The number of carbonyl (C=O) groups excluding carboxylic acids is 1. The van der Waals surface area contributed by atoms with Gasteiger partial charge in [-0.25, -0.2) is 0 Å². The summed E-state index contributed by atoms with van der Waals surface area (Å²) < 4.78 is 5.06. The van der Waals surface area contributed by atoms with Crippen molar-refractivity contribution in [2.24, 2.45) is 11.8 Å². The topological polar surface area (TPSA) is 58.4 Å². The molecule has 0 bridgehead atoms. The predicted octanol–water partition coefficient (Wildman–Crippen LogP) is 4.06. The molecule has 0 aliphatic carbocycles. The molecule has 1 N–H and O–H groups in total. The van der Waals surface area contributed by atoms with E-state index in [0.29, 0.717) is 17.0 Å². The number of hydrogen-bond acceptors (Lipinski definition) is 4. The van der Waals surface area contributed by atoms with Gasteiger partial charge in [-0.2, -0.15) is 0 Å². The maximum Gasteiger partial charge on any atom is 0.261 e. The smallest absolute Gasteiger partial charge is 0.261 e. The Labute approximate surface area is 155 Å². The molecular weight excluding hydrogens is 326 g/mol. The molecule has 1 saturated heterocycles. The lowest BCUT2D eigenvalue weighted by atomic mass is 9.83. The summed E-state index contributed by atoms with van der Waals surface area (Å²) in [7, 11) is 2.21. The van der Waals surface area contributed by atoms with Crippen molar-refractivity contribution >= 4 is 11.6 Å². The summed E-state index contributed by atoms with van der Waals surface area (Å²) in [6.07, 6.45) is 3.62. The van der Waals surface area contributed by atoms with Crippen LogP contribution in [0.1, 0.15) is 47.1 Å². The van der Waals surface area contributed by atoms with Crippen molar-refractivity contribution in [1.29, 1.82) is 0 Å². The van der Waals surface area contributed by atoms with E-state index >= 15 is 0 Å². The molecule has 3 rings (SSSR count). The highest BCUT2D eigenvalue weighted by atomic mass is 16.5. The van der Waals surface area contributed by atoms with Crippen LogP contribution in [-0.2, 0) is 6.42 Å². The number of carbonyl (C=O) groups is 1. The highest BCUT2D eigenvalue weighted by molar-refractivity contribution is 6.05. The number of aromatic nitrogens is 1. The zero-order chi connectivity index (χ0) is 18.7. The van der Waals surface area contributed by atoms with Crippen molar-refractivity contribution in [2.75, 3.05) is 25.5 Å². The van der Waals surface area contributed by atoms with Gasteiger partial charge in [-0.05, 0) is 76.2 Å². The Balaban J connectivity index is 1.54. The number of hydrogen-bond donors (Lipinski definition) is 1. The van der Waals surface area contributed by atoms with Gasteiger partial charge in [-0.3, -0.25) is 4.79 Å². The van der Waals surface area contributed by atoms with E-state index < -0.39 is 0 Å². The molecule has 2 heterocycles. The lowest BCUT2D eigenvalue weighted by molar-refractivity contribution is 0.102. The van der Waals surface area contributed by atoms with E-state index in [9.17, 15) is 4.79 Å². The lowest BCUT2D eigenvalue weighted by Gasteiger charge is -2.34. The first kappa shape index (κ1) is 18.6. The zero-order valence-electron chi connectivity index (χ0n) is 16.2. The van der Waals surface area contributed by atoms with Crippen LogP contribution in [0, 0.1) is 25.7 Å². The summed E-state index contributed by atoms with van der Waals surface area (Å²) in [5.41, 5.74) is 3.26. The van der Waals surface area contributed by atoms with Crippen molar-refractivity contribution in [1.82, 2.24) is 10.1 Å². The number of aryl methyl sites for hydroxylation is 3. The molecule has 1 aromatic carbocycles. The second-order valence-corrected chi connectivity index (χ2v) is 7.68. The second kappa shape index (κ2) is 8.04. The minimum absolute atomic E-state index is 0.172. The van der Waals surface area contributed by atoms with Crippen LogP contribution in [-0.4, -0.2) is 36.1 Å². The van der Waals surface area contributed by atoms with Crippen LogP contribution in [0.2, 0.25) is 0 Å². The maximum atomic E-state index is 12.4. The van der Waals surface area contributed by atoms with Gasteiger partial charge in [0.1, 0.15) is 11.3 Å². The molecule has 0 radical (unpaired) electrons. The van der Waals surface area contributed by atoms with Gasteiger partial charge in [0.2, 0.25) is 0 Å². The van der Waals surface area contributed by atoms with Crippen molar-refractivity contribution < 1.29 is 9.32 Å². The first-order chi connectivity index (χ1) is 12.4. The Morgan fingerprint density at radius 1 is 1.31 bits per heavy atom. The highest BCUT2D eigenvalue weighted by Crippen LogP contribution is 2.27. The predicted molar refractivity (Wildman–Crippen MR) is 103 cm³/mol. The molecule has 0 unspecified atom stereocenters. The van der Waals surface area contributed by atoms with Gasteiger partial charge in [0, 0.05) is 12.2 Å². The van der Waals surface area contributed by atoms with Crippen molar-refractivity contribution in [3.05, 3.63) is 46.8 Å². The summed E-state index contributed by atoms with van der Waals surface area (Å²) in [6.45, 7) is 8.31. The van der Waals surface area contributed by atoms with Gasteiger partial charge in [0.05, 0.1) is 5.69 Å². The summed E-state index contributed by atoms with van der Waals surface area (Å²) in [4.78, 5) is 14.8. The van der Waals surface area contributed by atoms with Gasteiger partial charge >= 0.3 is 0 Å². The number of anilines is 1. The van der Waals surface area contributed by atoms with E-state index in [1.54, 1.807) is 13.8 Å². The Hall–Kier alpha value is -2.14. The Morgan fingerprint density at radius 3 is 2.65 bits per heavy atom. The van der Waals surface area contributed by atoms with Crippen LogP contribution in [0.4, 0.5) is 5.69 Å². The summed E-state index contributed by atoms with van der Waals surface area (Å²) >= 11 is 0. The molecule has 1 aromatic heterocycles. The fourth-order valence-corrected chi connectivity index (χ4v) is 3.94. The zero-order valence-corrected chi connectivity index (χ0v) is 16.2. The largest absolute Gasteiger partial charge is 0.361 e. The molecule has 5 nitrogen and oxygen atoms in total. The molecule has 5 heteroatoms. The number of likely N-dealkylation sites (tertiary alicyclic amines) is 1. The van der Waals surface area contributed by atoms with E-state index in [1.807, 2.05) is 12.1 Å². The molecule has 0 spiro atoms. The average molecular weight is 355 g/mol. The average Bonchev–Trinajstić information content (AvgIpc) is 2.94. The first-order valence-corrected chi connectivity index (χ1v) is 9.45. The quantitative estimate of drug-likeness (QED) is 0.878. The third-order valence-corrected chi connectivity index (χ3v) is 5.56. The molecule has 26 heavy (non-hydrogen) atoms. The standard InChI is InChI=1S/C21H29N3O2/c1-14-13-24(4)12-11-18(14)8-5-17-6-9-19(10-7-17)22-21(25)20-15(2)23-26-16(20)3/h6-7,9-10,14,18H,5,8,11-13H2,1-4H3,(H,22,25)/t14-,18-/m1/s1.